The van der Waals surface area contributed by atoms with Crippen LogP contribution in [0.3, 0.4) is 0 Å². The highest BCUT2D eigenvalue weighted by Gasteiger charge is 2.35. The first kappa shape index (κ1) is 26.0. The Morgan fingerprint density at radius 1 is 1.11 bits per heavy atom. The zero-order valence-electron chi connectivity index (χ0n) is 21.1. The molecule has 1 aliphatic heterocycles. The topological polar surface area (TPSA) is 94.7 Å². The van der Waals surface area contributed by atoms with E-state index >= 15 is 0 Å². The number of guanidine groups is 1. The van der Waals surface area contributed by atoms with Gasteiger partial charge < -0.3 is 5.32 Å². The van der Waals surface area contributed by atoms with Crippen LogP contribution in [0.5, 0.6) is 0 Å². The molecule has 2 aromatic carbocycles. The van der Waals surface area contributed by atoms with E-state index in [0.29, 0.717) is 25.6 Å². The summed E-state index contributed by atoms with van der Waals surface area (Å²) in [4.78, 5) is 14.3. The molecule has 1 N–H and O–H groups in total. The second-order valence-corrected chi connectivity index (χ2v) is 11.4. The summed E-state index contributed by atoms with van der Waals surface area (Å²) >= 11 is 1.56. The molecule has 0 aliphatic carbocycles. The maximum atomic E-state index is 13.0. The molecule has 196 valence electrons. The monoisotopic (exact) mass is 547 g/mol. The number of nitrogens with zero attached hydrogens (tertiary/aromatic N) is 6. The van der Waals surface area contributed by atoms with Crippen LogP contribution in [0.2, 0.25) is 0 Å². The molecule has 0 bridgehead atoms. The lowest BCUT2D eigenvalue weighted by molar-refractivity contribution is 0.441. The number of hydrogen-bond donors (Lipinski definition) is 1. The van der Waals surface area contributed by atoms with Gasteiger partial charge in [0.1, 0.15) is 0 Å². The molecule has 0 amide bonds. The van der Waals surface area contributed by atoms with Gasteiger partial charge in [0.05, 0.1) is 23.6 Å². The van der Waals surface area contributed by atoms with Gasteiger partial charge in [-0.15, -0.1) is 11.3 Å². The molecule has 1 aliphatic rings. The molecule has 5 rings (SSSR count). The van der Waals surface area contributed by atoms with Crippen LogP contribution >= 0.6 is 11.3 Å². The molecule has 38 heavy (non-hydrogen) atoms. The molecule has 9 nitrogen and oxygen atoms in total. The van der Waals surface area contributed by atoms with Crippen LogP contribution in [0.1, 0.15) is 18.2 Å². The van der Waals surface area contributed by atoms with Gasteiger partial charge in [0.15, 0.2) is 4.96 Å². The Hall–Kier alpha value is -3.64. The van der Waals surface area contributed by atoms with Gasteiger partial charge in [0.25, 0.3) is 10.2 Å². The first-order chi connectivity index (χ1) is 18.5. The Labute approximate surface area is 226 Å². The van der Waals surface area contributed by atoms with E-state index in [4.69, 9.17) is 4.98 Å². The summed E-state index contributed by atoms with van der Waals surface area (Å²) in [5.41, 5.74) is 4.49. The number of aliphatic imine (C=N–C) groups is 2. The summed E-state index contributed by atoms with van der Waals surface area (Å²) in [6.07, 6.45) is 3.93. The Morgan fingerprint density at radius 2 is 1.82 bits per heavy atom. The fraction of sp³-hybridized carbons (Fsp3) is 0.222. The van der Waals surface area contributed by atoms with Crippen molar-refractivity contribution in [1.29, 1.82) is 0 Å². The van der Waals surface area contributed by atoms with Gasteiger partial charge in [-0.1, -0.05) is 66.7 Å². The second-order valence-electron chi connectivity index (χ2n) is 8.65. The molecule has 0 saturated carbocycles. The van der Waals surface area contributed by atoms with Crippen LogP contribution in [-0.2, 0) is 16.8 Å². The molecule has 3 heterocycles. The summed E-state index contributed by atoms with van der Waals surface area (Å²) in [6.45, 7) is 7.36. The molecule has 11 heteroatoms. The normalized spacial score (nSPS) is 16.8. The number of rotatable bonds is 8. The van der Waals surface area contributed by atoms with Crippen molar-refractivity contribution in [2.45, 2.75) is 13.5 Å². The summed E-state index contributed by atoms with van der Waals surface area (Å²) in [5, 5.41) is 5.28. The molecular formula is C27H29N7O2S2. The first-order valence-corrected chi connectivity index (χ1v) is 14.5. The SMILES string of the molecule is C=NC(=NCCN1CCN(Cc2ccccc2)S1(=O)=O)N/C(=C\C)c1c(-c2ccccc2)nc2sccn12. The lowest BCUT2D eigenvalue weighted by atomic mass is 10.1. The zero-order valence-corrected chi connectivity index (χ0v) is 22.7. The first-order valence-electron chi connectivity index (χ1n) is 12.3. The van der Waals surface area contributed by atoms with Crippen molar-refractivity contribution in [3.8, 4) is 11.3 Å². The Balaban J connectivity index is 1.29. The largest absolute Gasteiger partial charge is 0.323 e. The van der Waals surface area contributed by atoms with Crippen molar-refractivity contribution >= 4 is 44.9 Å². The maximum Gasteiger partial charge on any atom is 0.282 e. The molecular weight excluding hydrogens is 518 g/mol. The summed E-state index contributed by atoms with van der Waals surface area (Å²) in [7, 11) is -3.54. The van der Waals surface area contributed by atoms with Gasteiger partial charge >= 0.3 is 0 Å². The average Bonchev–Trinajstić information content (AvgIpc) is 3.61. The standard InChI is InChI=1S/C27H29N7O2S2/c1-3-23(25-24(22-12-8-5-9-13-22)31-27-34(25)18-19-37-27)30-26(28-2)29-14-15-32-16-17-33(38(32,35)36)20-21-10-6-4-7-11-21/h3-13,18-19H,2,14-17,20H2,1H3,(H,29,30)/b23-3-. The van der Waals surface area contributed by atoms with E-state index in [9.17, 15) is 8.42 Å². The van der Waals surface area contributed by atoms with E-state index in [1.54, 1.807) is 11.3 Å². The van der Waals surface area contributed by atoms with E-state index < -0.39 is 10.2 Å². The average molecular weight is 548 g/mol. The van der Waals surface area contributed by atoms with Crippen molar-refractivity contribution in [3.63, 3.8) is 0 Å². The molecule has 2 aromatic heterocycles. The lowest BCUT2D eigenvalue weighted by Crippen LogP contribution is -2.34. The van der Waals surface area contributed by atoms with E-state index in [1.165, 1.54) is 8.61 Å². The highest BCUT2D eigenvalue weighted by Crippen LogP contribution is 2.30. The van der Waals surface area contributed by atoms with Gasteiger partial charge in [-0.3, -0.25) is 4.40 Å². The van der Waals surface area contributed by atoms with Gasteiger partial charge in [-0.2, -0.15) is 17.0 Å². The van der Waals surface area contributed by atoms with Crippen LogP contribution < -0.4 is 5.32 Å². The van der Waals surface area contributed by atoms with Gasteiger partial charge in [0.2, 0.25) is 5.96 Å². The van der Waals surface area contributed by atoms with Gasteiger partial charge in [-0.05, 0) is 19.2 Å². The van der Waals surface area contributed by atoms with Crippen molar-refractivity contribution in [1.82, 2.24) is 23.3 Å². The number of nitrogens with one attached hydrogen (secondary N) is 1. The van der Waals surface area contributed by atoms with E-state index in [0.717, 1.165) is 33.2 Å². The number of thiazole rings is 1. The molecule has 0 radical (unpaired) electrons. The summed E-state index contributed by atoms with van der Waals surface area (Å²) in [6, 6.07) is 19.6. The van der Waals surface area contributed by atoms with E-state index in [2.05, 4.69) is 22.0 Å². The van der Waals surface area contributed by atoms with Crippen molar-refractivity contribution in [3.05, 3.63) is 89.6 Å². The third-order valence-electron chi connectivity index (χ3n) is 6.31. The molecule has 1 saturated heterocycles. The number of benzene rings is 2. The quantitative estimate of drug-likeness (QED) is 0.265. The number of aromatic nitrogens is 2. The molecule has 0 spiro atoms. The lowest BCUT2D eigenvalue weighted by Gasteiger charge is -2.18. The fourth-order valence-electron chi connectivity index (χ4n) is 4.42. The fourth-order valence-corrected chi connectivity index (χ4v) is 6.71. The highest BCUT2D eigenvalue weighted by molar-refractivity contribution is 7.87. The van der Waals surface area contributed by atoms with Crippen molar-refractivity contribution in [2.24, 2.45) is 9.98 Å². The number of allylic oxidation sites excluding steroid dienone is 1. The predicted molar refractivity (Wildman–Crippen MR) is 154 cm³/mol. The highest BCUT2D eigenvalue weighted by atomic mass is 32.2. The minimum Gasteiger partial charge on any atom is -0.323 e. The van der Waals surface area contributed by atoms with Crippen molar-refractivity contribution in [2.75, 3.05) is 26.2 Å². The summed E-state index contributed by atoms with van der Waals surface area (Å²) in [5.74, 6) is 0.319. The third kappa shape index (κ3) is 5.32. The van der Waals surface area contributed by atoms with Crippen LogP contribution in [-0.4, -0.2) is 65.3 Å². The molecule has 4 aromatic rings. The molecule has 0 atom stereocenters. The molecule has 0 unspecified atom stereocenters. The molecule has 1 fully saturated rings. The second kappa shape index (κ2) is 11.4. The van der Waals surface area contributed by atoms with Crippen molar-refractivity contribution < 1.29 is 8.42 Å². The predicted octanol–water partition coefficient (Wildman–Crippen LogP) is 4.13. The smallest absolute Gasteiger partial charge is 0.282 e. The zero-order chi connectivity index (χ0) is 26.5. The van der Waals surface area contributed by atoms with Gasteiger partial charge in [-0.25, -0.2) is 15.0 Å². The van der Waals surface area contributed by atoms with Gasteiger partial charge in [0, 0.05) is 43.3 Å². The van der Waals surface area contributed by atoms with Crippen LogP contribution in [0.25, 0.3) is 21.9 Å². The summed E-state index contributed by atoms with van der Waals surface area (Å²) < 4.78 is 31.1. The minimum atomic E-state index is -3.54. The van der Waals surface area contributed by atoms with E-state index in [-0.39, 0.29) is 13.1 Å². The Kier molecular flexibility index (Phi) is 7.79. The number of imidazole rings is 1. The number of fused-ring (bicyclic) bond motifs is 1. The van der Waals surface area contributed by atoms with Crippen LogP contribution in [0.15, 0.2) is 88.3 Å². The Bertz CT molecular complexity index is 1580. The maximum absolute atomic E-state index is 13.0. The van der Waals surface area contributed by atoms with E-state index in [1.807, 2.05) is 89.6 Å². The minimum absolute atomic E-state index is 0.253. The Morgan fingerprint density at radius 3 is 2.53 bits per heavy atom. The van der Waals surface area contributed by atoms with Crippen LogP contribution in [0.4, 0.5) is 0 Å². The van der Waals surface area contributed by atoms with Crippen LogP contribution in [0, 0.1) is 0 Å². The third-order valence-corrected chi connectivity index (χ3v) is 9.05. The number of hydrogen-bond acceptors (Lipinski definition) is 5.